The number of alkyl halides is 5. The third-order valence-electron chi connectivity index (χ3n) is 3.17. The fourth-order valence-electron chi connectivity index (χ4n) is 1.95. The van der Waals surface area contributed by atoms with Crippen LogP contribution in [0.15, 0.2) is 36.1 Å². The zero-order valence-corrected chi connectivity index (χ0v) is 13.9. The van der Waals surface area contributed by atoms with E-state index in [-0.39, 0.29) is 16.4 Å². The van der Waals surface area contributed by atoms with E-state index >= 15 is 0 Å². The molecule has 0 unspecified atom stereocenters. The van der Waals surface area contributed by atoms with Gasteiger partial charge in [0.15, 0.2) is 5.82 Å². The molecular formula is C15H8F5N5OS. The van der Waals surface area contributed by atoms with Crippen LogP contribution in [0.2, 0.25) is 0 Å². The topological polar surface area (TPSA) is 80.7 Å². The van der Waals surface area contributed by atoms with Gasteiger partial charge in [0.1, 0.15) is 17.1 Å². The lowest BCUT2D eigenvalue weighted by molar-refractivity contribution is -0.141. The standard InChI is InChI=1S/C15H8F5N5OS/c16-12(17)8-2-1-7(4-22-8)23-14(26)9-3-11(15(18,19)20)25-13(24-9)10-5-21-6-27-10/h1-6,12H,(H,23,26). The highest BCUT2D eigenvalue weighted by molar-refractivity contribution is 7.13. The van der Waals surface area contributed by atoms with E-state index in [4.69, 9.17) is 0 Å². The number of thiazole rings is 1. The minimum absolute atomic E-state index is 0.0240. The number of rotatable bonds is 4. The Balaban J connectivity index is 1.92. The molecule has 0 aliphatic rings. The molecule has 3 rings (SSSR count). The van der Waals surface area contributed by atoms with Gasteiger partial charge in [-0.05, 0) is 12.1 Å². The average molecular weight is 401 g/mol. The SMILES string of the molecule is O=C(Nc1ccc(C(F)F)nc1)c1cc(C(F)(F)F)nc(-c2cncs2)n1. The van der Waals surface area contributed by atoms with E-state index in [0.29, 0.717) is 6.07 Å². The summed E-state index contributed by atoms with van der Waals surface area (Å²) in [4.78, 5) is 27.0. The smallest absolute Gasteiger partial charge is 0.319 e. The normalized spacial score (nSPS) is 11.6. The van der Waals surface area contributed by atoms with Crippen LogP contribution in [0.25, 0.3) is 10.7 Å². The molecule has 12 heteroatoms. The largest absolute Gasteiger partial charge is 0.433 e. The van der Waals surface area contributed by atoms with Crippen molar-refractivity contribution in [2.45, 2.75) is 12.6 Å². The van der Waals surface area contributed by atoms with E-state index in [2.05, 4.69) is 25.3 Å². The quantitative estimate of drug-likeness (QED) is 0.663. The average Bonchev–Trinajstić information content (AvgIpc) is 3.15. The molecule has 3 aromatic rings. The van der Waals surface area contributed by atoms with Crippen LogP contribution >= 0.6 is 11.3 Å². The first-order valence-electron chi connectivity index (χ1n) is 7.14. The van der Waals surface area contributed by atoms with Crippen molar-refractivity contribution in [2.24, 2.45) is 0 Å². The zero-order chi connectivity index (χ0) is 19.6. The maximum Gasteiger partial charge on any atom is 0.433 e. The number of nitrogens with one attached hydrogen (secondary N) is 1. The highest BCUT2D eigenvalue weighted by Crippen LogP contribution is 2.30. The molecule has 1 amide bonds. The van der Waals surface area contributed by atoms with E-state index in [9.17, 15) is 26.7 Å². The second kappa shape index (κ2) is 7.31. The monoisotopic (exact) mass is 401 g/mol. The molecule has 0 saturated carbocycles. The van der Waals surface area contributed by atoms with Crippen LogP contribution in [0, 0.1) is 0 Å². The van der Waals surface area contributed by atoms with Gasteiger partial charge in [0, 0.05) is 12.3 Å². The van der Waals surface area contributed by atoms with E-state index in [1.165, 1.54) is 11.7 Å². The molecule has 0 aromatic carbocycles. The van der Waals surface area contributed by atoms with Crippen molar-refractivity contribution in [2.75, 3.05) is 5.32 Å². The number of carbonyl (C=O) groups is 1. The lowest BCUT2D eigenvalue weighted by Gasteiger charge is -2.10. The van der Waals surface area contributed by atoms with Gasteiger partial charge in [-0.2, -0.15) is 13.2 Å². The van der Waals surface area contributed by atoms with Crippen molar-refractivity contribution in [3.05, 3.63) is 53.2 Å². The number of carbonyl (C=O) groups excluding carboxylic acids is 1. The number of halogens is 5. The molecular weight excluding hydrogens is 393 g/mol. The maximum atomic E-state index is 13.1. The van der Waals surface area contributed by atoms with Crippen molar-refractivity contribution >= 4 is 22.9 Å². The number of nitrogens with zero attached hydrogens (tertiary/aromatic N) is 4. The molecule has 0 spiro atoms. The Hall–Kier alpha value is -3.02. The number of pyridine rings is 1. The van der Waals surface area contributed by atoms with Crippen molar-refractivity contribution in [3.8, 4) is 10.7 Å². The molecule has 0 aliphatic carbocycles. The molecule has 0 radical (unpaired) electrons. The molecule has 140 valence electrons. The Morgan fingerprint density at radius 1 is 1.15 bits per heavy atom. The van der Waals surface area contributed by atoms with Gasteiger partial charge in [0.2, 0.25) is 0 Å². The minimum atomic E-state index is -4.79. The summed E-state index contributed by atoms with van der Waals surface area (Å²) in [6, 6.07) is 2.65. The number of amides is 1. The van der Waals surface area contributed by atoms with Crippen molar-refractivity contribution < 1.29 is 26.7 Å². The second-order valence-corrected chi connectivity index (χ2v) is 5.94. The van der Waals surface area contributed by atoms with Crippen LogP contribution in [-0.4, -0.2) is 25.8 Å². The van der Waals surface area contributed by atoms with Gasteiger partial charge < -0.3 is 5.32 Å². The van der Waals surface area contributed by atoms with Crippen molar-refractivity contribution in [3.63, 3.8) is 0 Å². The summed E-state index contributed by atoms with van der Waals surface area (Å²) in [6.45, 7) is 0. The molecule has 3 heterocycles. The van der Waals surface area contributed by atoms with Gasteiger partial charge in [-0.1, -0.05) is 0 Å². The first-order valence-corrected chi connectivity index (χ1v) is 8.02. The van der Waals surface area contributed by atoms with Gasteiger partial charge in [0.25, 0.3) is 12.3 Å². The third kappa shape index (κ3) is 4.39. The molecule has 1 N–H and O–H groups in total. The summed E-state index contributed by atoms with van der Waals surface area (Å²) >= 11 is 1.01. The summed E-state index contributed by atoms with van der Waals surface area (Å²) in [7, 11) is 0. The van der Waals surface area contributed by atoms with Crippen LogP contribution in [0.4, 0.5) is 27.6 Å². The number of hydrogen-bond acceptors (Lipinski definition) is 6. The summed E-state index contributed by atoms with van der Waals surface area (Å²) in [6.07, 6.45) is -5.34. The highest BCUT2D eigenvalue weighted by Gasteiger charge is 2.34. The molecule has 6 nitrogen and oxygen atoms in total. The van der Waals surface area contributed by atoms with Gasteiger partial charge in [-0.15, -0.1) is 11.3 Å². The molecule has 3 aromatic heterocycles. The highest BCUT2D eigenvalue weighted by atomic mass is 32.1. The first kappa shape index (κ1) is 18.8. The summed E-state index contributed by atoms with van der Waals surface area (Å²) in [5.74, 6) is -1.27. The molecule has 0 bridgehead atoms. The Morgan fingerprint density at radius 3 is 2.48 bits per heavy atom. The molecule has 0 saturated heterocycles. The Labute approximate surface area is 152 Å². The van der Waals surface area contributed by atoms with Crippen LogP contribution in [0.3, 0.4) is 0 Å². The number of aromatic nitrogens is 4. The van der Waals surface area contributed by atoms with E-state index < -0.39 is 35.6 Å². The van der Waals surface area contributed by atoms with Gasteiger partial charge >= 0.3 is 6.18 Å². The van der Waals surface area contributed by atoms with Crippen LogP contribution < -0.4 is 5.32 Å². The fraction of sp³-hybridized carbons (Fsp3) is 0.133. The van der Waals surface area contributed by atoms with Gasteiger partial charge in [-0.3, -0.25) is 14.8 Å². The van der Waals surface area contributed by atoms with Crippen LogP contribution in [-0.2, 0) is 6.18 Å². The predicted molar refractivity (Wildman–Crippen MR) is 85.3 cm³/mol. The van der Waals surface area contributed by atoms with Gasteiger partial charge in [-0.25, -0.2) is 18.7 Å². The van der Waals surface area contributed by atoms with E-state index in [1.807, 2.05) is 0 Å². The third-order valence-corrected chi connectivity index (χ3v) is 3.94. The lowest BCUT2D eigenvalue weighted by atomic mass is 10.2. The Kier molecular flexibility index (Phi) is 5.08. The van der Waals surface area contributed by atoms with Crippen molar-refractivity contribution in [1.82, 2.24) is 19.9 Å². The van der Waals surface area contributed by atoms with Crippen molar-refractivity contribution in [1.29, 1.82) is 0 Å². The molecule has 27 heavy (non-hydrogen) atoms. The minimum Gasteiger partial charge on any atom is -0.319 e. The summed E-state index contributed by atoms with van der Waals surface area (Å²) < 4.78 is 64.2. The Bertz CT molecular complexity index is 944. The number of anilines is 1. The Morgan fingerprint density at radius 2 is 1.93 bits per heavy atom. The fourth-order valence-corrected chi connectivity index (χ4v) is 2.50. The van der Waals surface area contributed by atoms with E-state index in [0.717, 1.165) is 29.7 Å². The zero-order valence-electron chi connectivity index (χ0n) is 13.0. The molecule has 0 aliphatic heterocycles. The molecule has 0 atom stereocenters. The predicted octanol–water partition coefficient (Wildman–Crippen LogP) is 4.20. The first-order chi connectivity index (χ1) is 12.7. The van der Waals surface area contributed by atoms with Crippen LogP contribution in [0.5, 0.6) is 0 Å². The summed E-state index contributed by atoms with van der Waals surface area (Å²) in [5, 5.41) is 2.26. The molecule has 0 fully saturated rings. The lowest BCUT2D eigenvalue weighted by Crippen LogP contribution is -2.18. The number of hydrogen-bond donors (Lipinski definition) is 1. The maximum absolute atomic E-state index is 13.1. The van der Waals surface area contributed by atoms with E-state index in [1.54, 1.807) is 0 Å². The second-order valence-electron chi connectivity index (χ2n) is 5.05. The van der Waals surface area contributed by atoms with Gasteiger partial charge in [0.05, 0.1) is 22.3 Å². The summed E-state index contributed by atoms with van der Waals surface area (Å²) in [5.41, 5.74) is -0.928. The van der Waals surface area contributed by atoms with Crippen LogP contribution in [0.1, 0.15) is 28.3 Å².